The molecule has 6 fully saturated rings. The van der Waals surface area contributed by atoms with Crippen molar-refractivity contribution in [3.8, 4) is 0 Å². The lowest BCUT2D eigenvalue weighted by atomic mass is 9.69. The van der Waals surface area contributed by atoms with Gasteiger partial charge in [-0.1, -0.05) is 26.8 Å². The van der Waals surface area contributed by atoms with E-state index in [1.165, 1.54) is 6.08 Å². The van der Waals surface area contributed by atoms with Crippen LogP contribution in [0.2, 0.25) is 0 Å². The van der Waals surface area contributed by atoms with E-state index < -0.39 is 36.6 Å². The summed E-state index contributed by atoms with van der Waals surface area (Å²) in [6.45, 7) is 15.1. The van der Waals surface area contributed by atoms with Crippen molar-refractivity contribution in [1.29, 1.82) is 0 Å². The highest BCUT2D eigenvalue weighted by Gasteiger charge is 2.57. The van der Waals surface area contributed by atoms with Crippen LogP contribution in [0.25, 0.3) is 0 Å². The number of piperidine rings is 2. The molecule has 11 heteroatoms. The molecule has 3 N–H and O–H groups in total. The zero-order valence-electron chi connectivity index (χ0n) is 27.0. The zero-order chi connectivity index (χ0) is 31.3. The molecule has 0 radical (unpaired) electrons. The van der Waals surface area contributed by atoms with Crippen LogP contribution >= 0.6 is 0 Å². The largest absolute Gasteiger partial charge is 0.381 e. The lowest BCUT2D eigenvalue weighted by Crippen LogP contribution is -2.80. The van der Waals surface area contributed by atoms with Crippen LogP contribution in [0.4, 0.5) is 13.6 Å². The third-order valence-corrected chi connectivity index (χ3v) is 11.9. The summed E-state index contributed by atoms with van der Waals surface area (Å²) >= 11 is 0. The van der Waals surface area contributed by atoms with E-state index in [1.807, 2.05) is 16.7 Å². The van der Waals surface area contributed by atoms with Gasteiger partial charge in [-0.3, -0.25) is 15.0 Å². The number of urea groups is 1. The maximum Gasteiger partial charge on any atom is 0.320 e. The highest BCUT2D eigenvalue weighted by atomic mass is 19.1. The van der Waals surface area contributed by atoms with Gasteiger partial charge in [0.1, 0.15) is 12.3 Å². The van der Waals surface area contributed by atoms with Crippen LogP contribution in [-0.4, -0.2) is 114 Å². The number of nitrogens with one attached hydrogen (secondary N) is 3. The van der Waals surface area contributed by atoms with Crippen LogP contribution in [0.5, 0.6) is 0 Å². The van der Waals surface area contributed by atoms with E-state index in [0.29, 0.717) is 32.7 Å². The average Bonchev–Trinajstić information content (AvgIpc) is 2.99. The van der Waals surface area contributed by atoms with E-state index in [9.17, 15) is 9.59 Å². The van der Waals surface area contributed by atoms with E-state index in [-0.39, 0.29) is 66.2 Å². The molecule has 11 unspecified atom stereocenters. The van der Waals surface area contributed by atoms with Crippen molar-refractivity contribution >= 4 is 11.9 Å². The number of carbonyl (C=O) groups excluding carboxylic acids is 2. The van der Waals surface area contributed by atoms with Crippen molar-refractivity contribution in [2.45, 2.75) is 121 Å². The predicted molar refractivity (Wildman–Crippen MR) is 165 cm³/mol. The molecular formula is C33H54F2N6O3. The maximum atomic E-state index is 16.6. The Labute approximate surface area is 261 Å². The second-order valence-electron chi connectivity index (χ2n) is 14.9. The first-order chi connectivity index (χ1) is 21.1. The third-order valence-electron chi connectivity index (χ3n) is 11.9. The van der Waals surface area contributed by atoms with Gasteiger partial charge >= 0.3 is 6.03 Å². The van der Waals surface area contributed by atoms with Gasteiger partial charge < -0.3 is 25.2 Å². The minimum Gasteiger partial charge on any atom is -0.381 e. The highest BCUT2D eigenvalue weighted by molar-refractivity contribution is 5.87. The van der Waals surface area contributed by atoms with Gasteiger partial charge in [-0.15, -0.1) is 0 Å². The van der Waals surface area contributed by atoms with Crippen LogP contribution in [0.15, 0.2) is 12.7 Å². The number of hydrogen-bond donors (Lipinski definition) is 3. The summed E-state index contributed by atoms with van der Waals surface area (Å²) in [6.07, 6.45) is 2.26. The molecule has 0 aromatic heterocycles. The standard InChI is InChI=1S/C33H54F2N6O3/c1-6-26(42)39-15-20(5)40(16-19(39)4)31-23-14-25(35)29-27-22(8-7-9-24(27)34)17-44-13-11-21-10-12-36-28(18(2)3)30(21)41(32(23)37-29)33(43)38-31/h6,18-25,27-32,36-37H,1,7-17H2,2-5H3,(H,38,43)/t19-,20+,21?,22?,23?,24?,25?,27?,28?,29?,30?,31?,32?/m1/s1. The van der Waals surface area contributed by atoms with Crippen molar-refractivity contribution in [2.24, 2.45) is 29.6 Å². The molecule has 44 heavy (non-hydrogen) atoms. The molecular weight excluding hydrogens is 566 g/mol. The monoisotopic (exact) mass is 620 g/mol. The van der Waals surface area contributed by atoms with Crippen molar-refractivity contribution in [2.75, 3.05) is 32.8 Å². The third kappa shape index (κ3) is 5.79. The van der Waals surface area contributed by atoms with Crippen molar-refractivity contribution in [1.82, 2.24) is 30.7 Å². The van der Waals surface area contributed by atoms with E-state index >= 15 is 8.78 Å². The summed E-state index contributed by atoms with van der Waals surface area (Å²) in [7, 11) is 0. The van der Waals surface area contributed by atoms with Gasteiger partial charge in [0.15, 0.2) is 0 Å². The highest BCUT2D eigenvalue weighted by Crippen LogP contribution is 2.44. The number of rotatable bonds is 3. The lowest BCUT2D eigenvalue weighted by Gasteiger charge is -2.60. The number of nitrogens with zero attached hydrogens (tertiary/aromatic N) is 3. The van der Waals surface area contributed by atoms with Gasteiger partial charge in [0.05, 0.1) is 18.4 Å². The van der Waals surface area contributed by atoms with Gasteiger partial charge in [0, 0.05) is 62.3 Å². The second kappa shape index (κ2) is 13.1. The molecule has 6 aliphatic rings. The molecule has 1 saturated carbocycles. The van der Waals surface area contributed by atoms with Crippen LogP contribution in [0.1, 0.15) is 66.2 Å². The number of ether oxygens (including phenoxy) is 1. The molecule has 248 valence electrons. The molecule has 3 amide bonds. The fraction of sp³-hybridized carbons (Fsp3) is 0.879. The van der Waals surface area contributed by atoms with Crippen molar-refractivity contribution < 1.29 is 23.1 Å². The molecule has 5 heterocycles. The van der Waals surface area contributed by atoms with Gasteiger partial charge in [0.25, 0.3) is 0 Å². The SMILES string of the molecule is C=CC(=O)N1C[C@H](C)N(C2NC(=O)N3C4NC(C(F)CC42)C2C(F)CCCC2COCCC2CCNC(C(C)C)C23)C[C@H]1C. The van der Waals surface area contributed by atoms with E-state index in [1.54, 1.807) is 0 Å². The number of piperazine rings is 1. The van der Waals surface area contributed by atoms with Gasteiger partial charge in [-0.05, 0) is 76.3 Å². The van der Waals surface area contributed by atoms with E-state index in [0.717, 1.165) is 32.2 Å². The minimum atomic E-state index is -1.25. The Morgan fingerprint density at radius 3 is 2.59 bits per heavy atom. The number of alkyl halides is 2. The Balaban J connectivity index is 1.38. The van der Waals surface area contributed by atoms with Crippen molar-refractivity contribution in [3.63, 3.8) is 0 Å². The Hall–Kier alpha value is -1.82. The fourth-order valence-electron chi connectivity index (χ4n) is 9.75. The minimum absolute atomic E-state index is 0.0448. The normalized spacial score (nSPS) is 45.3. The maximum absolute atomic E-state index is 16.6. The second-order valence-corrected chi connectivity index (χ2v) is 14.9. The van der Waals surface area contributed by atoms with E-state index in [2.05, 4.69) is 48.2 Å². The smallest absolute Gasteiger partial charge is 0.320 e. The summed E-state index contributed by atoms with van der Waals surface area (Å²) in [5, 5.41) is 10.7. The molecule has 0 aromatic rings. The van der Waals surface area contributed by atoms with Gasteiger partial charge in [0.2, 0.25) is 5.91 Å². The molecule has 9 nitrogen and oxygen atoms in total. The van der Waals surface area contributed by atoms with Crippen LogP contribution in [-0.2, 0) is 9.53 Å². The molecule has 5 aliphatic heterocycles. The van der Waals surface area contributed by atoms with Crippen LogP contribution < -0.4 is 16.0 Å². The zero-order valence-corrected chi connectivity index (χ0v) is 27.0. The fourth-order valence-corrected chi connectivity index (χ4v) is 9.75. The quantitative estimate of drug-likeness (QED) is 0.420. The van der Waals surface area contributed by atoms with Crippen molar-refractivity contribution in [3.05, 3.63) is 12.7 Å². The Kier molecular flexibility index (Phi) is 9.58. The molecule has 0 aromatic carbocycles. The predicted octanol–water partition coefficient (Wildman–Crippen LogP) is 3.26. The Morgan fingerprint density at radius 1 is 1.05 bits per heavy atom. The lowest BCUT2D eigenvalue weighted by molar-refractivity contribution is -0.137. The van der Waals surface area contributed by atoms with Crippen LogP contribution in [0, 0.1) is 29.6 Å². The first-order valence-electron chi connectivity index (χ1n) is 17.2. The Morgan fingerprint density at radius 2 is 1.84 bits per heavy atom. The number of amides is 3. The molecule has 13 atom stereocenters. The average molecular weight is 621 g/mol. The topological polar surface area (TPSA) is 89.2 Å². The molecule has 5 saturated heterocycles. The number of carbonyl (C=O) groups is 2. The molecule has 2 bridgehead atoms. The first-order valence-corrected chi connectivity index (χ1v) is 17.2. The molecule has 6 rings (SSSR count). The summed E-state index contributed by atoms with van der Waals surface area (Å²) in [5.74, 6) is -0.366. The summed E-state index contributed by atoms with van der Waals surface area (Å²) in [6, 6.07) is -0.987. The summed E-state index contributed by atoms with van der Waals surface area (Å²) in [5.41, 5.74) is 0. The first kappa shape index (κ1) is 32.1. The molecule has 1 aliphatic carbocycles. The number of halogens is 2. The van der Waals surface area contributed by atoms with Gasteiger partial charge in [-0.25, -0.2) is 13.6 Å². The Bertz CT molecular complexity index is 1070. The van der Waals surface area contributed by atoms with Gasteiger partial charge in [-0.2, -0.15) is 0 Å². The van der Waals surface area contributed by atoms with Crippen LogP contribution in [0.3, 0.4) is 0 Å². The molecule has 0 spiro atoms. The summed E-state index contributed by atoms with van der Waals surface area (Å²) in [4.78, 5) is 33.1. The summed E-state index contributed by atoms with van der Waals surface area (Å²) < 4.78 is 38.6. The number of hydrogen-bond acceptors (Lipinski definition) is 6. The van der Waals surface area contributed by atoms with E-state index in [4.69, 9.17) is 4.74 Å². The number of fused-ring (bicyclic) bond motifs is 5.